The van der Waals surface area contributed by atoms with E-state index in [9.17, 15) is 8.42 Å². The summed E-state index contributed by atoms with van der Waals surface area (Å²) in [6.45, 7) is 1.88. The normalized spacial score (nSPS) is 13.4. The summed E-state index contributed by atoms with van der Waals surface area (Å²) in [5.41, 5.74) is 0. The Labute approximate surface area is 119 Å². The summed E-state index contributed by atoms with van der Waals surface area (Å²) >= 11 is 3.20. The van der Waals surface area contributed by atoms with Crippen molar-refractivity contribution in [1.82, 2.24) is 19.7 Å². The van der Waals surface area contributed by atoms with Crippen LogP contribution in [0.1, 0.15) is 25.2 Å². The number of halogens is 1. The molecule has 2 aromatic rings. The fourth-order valence-electron chi connectivity index (χ4n) is 1.60. The second kappa shape index (κ2) is 5.81. The lowest BCUT2D eigenvalue weighted by molar-refractivity contribution is 0.539. The van der Waals surface area contributed by atoms with E-state index in [1.54, 1.807) is 12.4 Å². The highest BCUT2D eigenvalue weighted by Gasteiger charge is 2.22. The van der Waals surface area contributed by atoms with Gasteiger partial charge in [0.15, 0.2) is 0 Å². The summed E-state index contributed by atoms with van der Waals surface area (Å²) in [6.07, 6.45) is 6.68. The zero-order valence-electron chi connectivity index (χ0n) is 10.2. The molecule has 6 nitrogen and oxygen atoms in total. The van der Waals surface area contributed by atoms with E-state index < -0.39 is 10.0 Å². The van der Waals surface area contributed by atoms with Gasteiger partial charge in [0.2, 0.25) is 10.0 Å². The van der Waals surface area contributed by atoms with Crippen molar-refractivity contribution in [2.45, 2.75) is 24.3 Å². The Bertz CT molecular complexity index is 642. The molecule has 2 rings (SSSR count). The van der Waals surface area contributed by atoms with Crippen molar-refractivity contribution < 1.29 is 8.42 Å². The third-order valence-corrected chi connectivity index (χ3v) is 4.42. The molecule has 0 saturated heterocycles. The number of nitrogens with zero attached hydrogens (tertiary/aromatic N) is 2. The molecule has 19 heavy (non-hydrogen) atoms. The van der Waals surface area contributed by atoms with Crippen LogP contribution in [0.3, 0.4) is 0 Å². The number of rotatable bonds is 5. The summed E-state index contributed by atoms with van der Waals surface area (Å²) in [6, 6.07) is 1.11. The highest BCUT2D eigenvalue weighted by Crippen LogP contribution is 2.18. The van der Waals surface area contributed by atoms with E-state index in [-0.39, 0.29) is 10.9 Å². The summed E-state index contributed by atoms with van der Waals surface area (Å²) < 4.78 is 27.7. The van der Waals surface area contributed by atoms with E-state index >= 15 is 0 Å². The van der Waals surface area contributed by atoms with Gasteiger partial charge in [-0.15, -0.1) is 0 Å². The van der Waals surface area contributed by atoms with Gasteiger partial charge in [0.05, 0.1) is 6.04 Å². The van der Waals surface area contributed by atoms with Crippen molar-refractivity contribution in [2.75, 3.05) is 0 Å². The van der Waals surface area contributed by atoms with Gasteiger partial charge in [-0.3, -0.25) is 4.98 Å². The number of hydrogen-bond acceptors (Lipinski definition) is 4. The van der Waals surface area contributed by atoms with Gasteiger partial charge in [-0.25, -0.2) is 18.1 Å². The van der Waals surface area contributed by atoms with E-state index in [1.165, 1.54) is 18.5 Å². The summed E-state index contributed by atoms with van der Waals surface area (Å²) in [5, 5.41) is 0. The lowest BCUT2D eigenvalue weighted by Gasteiger charge is -2.14. The van der Waals surface area contributed by atoms with E-state index in [0.717, 1.165) is 0 Å². The molecule has 2 heterocycles. The van der Waals surface area contributed by atoms with Gasteiger partial charge in [0, 0.05) is 29.3 Å². The molecule has 0 aliphatic heterocycles. The second-order valence-corrected chi connectivity index (χ2v) is 6.53. The third kappa shape index (κ3) is 3.40. The molecule has 0 amide bonds. The number of H-pyrrole nitrogens is 1. The first-order valence-corrected chi connectivity index (χ1v) is 7.92. The Hall–Kier alpha value is -1.25. The average Bonchev–Trinajstić information content (AvgIpc) is 2.90. The SMILES string of the molecule is CCC(NS(=O)(=O)c1cncc(Br)c1)c1ncc[nH]1. The molecule has 0 saturated carbocycles. The number of aromatic nitrogens is 3. The summed E-state index contributed by atoms with van der Waals surface area (Å²) in [5.74, 6) is 0.592. The minimum absolute atomic E-state index is 0.117. The molecule has 8 heteroatoms. The number of nitrogens with one attached hydrogen (secondary N) is 2. The first kappa shape index (κ1) is 14.2. The van der Waals surface area contributed by atoms with Crippen LogP contribution >= 0.6 is 15.9 Å². The summed E-state index contributed by atoms with van der Waals surface area (Å²) in [4.78, 5) is 11.0. The highest BCUT2D eigenvalue weighted by molar-refractivity contribution is 9.10. The Morgan fingerprint density at radius 2 is 2.26 bits per heavy atom. The van der Waals surface area contributed by atoms with Crippen molar-refractivity contribution in [1.29, 1.82) is 0 Å². The smallest absolute Gasteiger partial charge is 0.242 e. The molecule has 1 atom stereocenters. The van der Waals surface area contributed by atoms with Gasteiger partial charge in [0.25, 0.3) is 0 Å². The molecule has 0 bridgehead atoms. The van der Waals surface area contributed by atoms with Gasteiger partial charge in [-0.1, -0.05) is 6.92 Å². The molecule has 102 valence electrons. The van der Waals surface area contributed by atoms with Gasteiger partial charge in [-0.2, -0.15) is 0 Å². The lowest BCUT2D eigenvalue weighted by Crippen LogP contribution is -2.29. The van der Waals surface area contributed by atoms with Crippen LogP contribution in [0.4, 0.5) is 0 Å². The van der Waals surface area contributed by atoms with Crippen LogP contribution in [-0.4, -0.2) is 23.4 Å². The van der Waals surface area contributed by atoms with Crippen molar-refractivity contribution in [3.8, 4) is 0 Å². The van der Waals surface area contributed by atoms with Crippen LogP contribution in [0.5, 0.6) is 0 Å². The maximum atomic E-state index is 12.2. The zero-order valence-corrected chi connectivity index (χ0v) is 12.6. The number of sulfonamides is 1. The maximum absolute atomic E-state index is 12.2. The molecule has 1 unspecified atom stereocenters. The van der Waals surface area contributed by atoms with Crippen LogP contribution in [0.25, 0.3) is 0 Å². The van der Waals surface area contributed by atoms with Crippen molar-refractivity contribution in [2.24, 2.45) is 0 Å². The minimum atomic E-state index is -3.62. The number of hydrogen-bond donors (Lipinski definition) is 2. The second-order valence-electron chi connectivity index (χ2n) is 3.90. The van der Waals surface area contributed by atoms with E-state index in [1.807, 2.05) is 6.92 Å². The fraction of sp³-hybridized carbons (Fsp3) is 0.273. The Kier molecular flexibility index (Phi) is 4.33. The maximum Gasteiger partial charge on any atom is 0.242 e. The van der Waals surface area contributed by atoms with Crippen molar-refractivity contribution in [3.63, 3.8) is 0 Å². The molecule has 0 radical (unpaired) electrons. The van der Waals surface area contributed by atoms with Crippen LogP contribution in [-0.2, 0) is 10.0 Å². The highest BCUT2D eigenvalue weighted by atomic mass is 79.9. The van der Waals surface area contributed by atoms with E-state index in [0.29, 0.717) is 16.7 Å². The topological polar surface area (TPSA) is 87.7 Å². The van der Waals surface area contributed by atoms with Crippen LogP contribution in [0.15, 0.2) is 40.2 Å². The first-order chi connectivity index (χ1) is 9.03. The van der Waals surface area contributed by atoms with Crippen LogP contribution in [0, 0.1) is 0 Å². The molecule has 2 aromatic heterocycles. The molecule has 2 N–H and O–H groups in total. The van der Waals surface area contributed by atoms with Crippen LogP contribution < -0.4 is 4.72 Å². The lowest BCUT2D eigenvalue weighted by atomic mass is 10.2. The molecular formula is C11H13BrN4O2S. The fourth-order valence-corrected chi connectivity index (χ4v) is 3.38. The summed E-state index contributed by atoms with van der Waals surface area (Å²) in [7, 11) is -3.62. The van der Waals surface area contributed by atoms with Gasteiger partial charge in [-0.05, 0) is 28.4 Å². The molecule has 0 fully saturated rings. The van der Waals surface area contributed by atoms with Gasteiger partial charge in [0.1, 0.15) is 10.7 Å². The largest absolute Gasteiger partial charge is 0.347 e. The minimum Gasteiger partial charge on any atom is -0.347 e. The number of imidazole rings is 1. The van der Waals surface area contributed by atoms with Crippen molar-refractivity contribution in [3.05, 3.63) is 41.2 Å². The Morgan fingerprint density at radius 3 is 2.84 bits per heavy atom. The quantitative estimate of drug-likeness (QED) is 0.868. The molecule has 0 aliphatic rings. The zero-order chi connectivity index (χ0) is 13.9. The predicted octanol–water partition coefficient (Wildman–Crippen LogP) is 2.00. The standard InChI is InChI=1S/C11H13BrN4O2S/c1-2-10(11-14-3-4-15-11)16-19(17,18)9-5-8(12)6-13-7-9/h3-7,10,16H,2H2,1H3,(H,14,15). The van der Waals surface area contributed by atoms with E-state index in [2.05, 4.69) is 35.6 Å². The Balaban J connectivity index is 2.26. The van der Waals surface area contributed by atoms with Gasteiger partial charge < -0.3 is 4.98 Å². The van der Waals surface area contributed by atoms with E-state index in [4.69, 9.17) is 0 Å². The number of pyridine rings is 1. The predicted molar refractivity (Wildman–Crippen MR) is 73.9 cm³/mol. The number of aromatic amines is 1. The average molecular weight is 345 g/mol. The Morgan fingerprint density at radius 1 is 1.47 bits per heavy atom. The monoisotopic (exact) mass is 344 g/mol. The molecule has 0 aliphatic carbocycles. The third-order valence-electron chi connectivity index (χ3n) is 2.55. The molecule has 0 spiro atoms. The first-order valence-electron chi connectivity index (χ1n) is 5.65. The molecule has 0 aromatic carbocycles. The van der Waals surface area contributed by atoms with Gasteiger partial charge >= 0.3 is 0 Å². The molecular weight excluding hydrogens is 332 g/mol. The van der Waals surface area contributed by atoms with Crippen molar-refractivity contribution >= 4 is 26.0 Å². The van der Waals surface area contributed by atoms with Crippen LogP contribution in [0.2, 0.25) is 0 Å².